The molecule has 5 nitrogen and oxygen atoms in total. The highest BCUT2D eigenvalue weighted by Gasteiger charge is 2.29. The summed E-state index contributed by atoms with van der Waals surface area (Å²) in [4.78, 5) is 23.7. The minimum absolute atomic E-state index is 0.153. The smallest absolute Gasteiger partial charge is 0.416 e. The fourth-order valence-corrected chi connectivity index (χ4v) is 1.98. The Bertz CT molecular complexity index is 647. The van der Waals surface area contributed by atoms with Gasteiger partial charge in [0, 0.05) is 7.05 Å². The molecule has 1 rings (SSSR count). The Morgan fingerprint density at radius 3 is 2.19 bits per heavy atom. The van der Waals surface area contributed by atoms with Gasteiger partial charge in [-0.15, -0.1) is 0 Å². The van der Waals surface area contributed by atoms with Gasteiger partial charge in [-0.25, -0.2) is 4.79 Å². The van der Waals surface area contributed by atoms with Crippen molar-refractivity contribution in [2.75, 3.05) is 7.05 Å². The highest BCUT2D eigenvalue weighted by Crippen LogP contribution is 2.29. The number of benzene rings is 1. The molecule has 1 aromatic rings. The number of hydrogen-bond donors (Lipinski definition) is 2. The van der Waals surface area contributed by atoms with Crippen molar-refractivity contribution in [2.45, 2.75) is 45.0 Å². The number of carbonyl (C=O) groups excluding carboxylic acids is 2. The van der Waals surface area contributed by atoms with Gasteiger partial charge in [0.2, 0.25) is 5.91 Å². The van der Waals surface area contributed by atoms with E-state index in [2.05, 4.69) is 10.6 Å². The van der Waals surface area contributed by atoms with Crippen molar-refractivity contribution in [3.05, 3.63) is 41.5 Å². The molecule has 0 aromatic heterocycles. The van der Waals surface area contributed by atoms with Crippen LogP contribution in [-0.2, 0) is 15.7 Å². The molecule has 0 fully saturated rings. The number of nitrogens with one attached hydrogen (secondary N) is 2. The number of halogens is 3. The zero-order chi connectivity index (χ0) is 20.0. The molecule has 2 N–H and O–H groups in total. The Balaban J connectivity index is 2.73. The van der Waals surface area contributed by atoms with Crippen LogP contribution in [0.25, 0.3) is 6.08 Å². The average molecular weight is 372 g/mol. The summed E-state index contributed by atoms with van der Waals surface area (Å²) in [6.45, 7) is 5.10. The van der Waals surface area contributed by atoms with Gasteiger partial charge in [-0.05, 0) is 44.9 Å². The van der Waals surface area contributed by atoms with Crippen LogP contribution in [0.5, 0.6) is 0 Å². The van der Waals surface area contributed by atoms with E-state index in [1.54, 1.807) is 32.9 Å². The maximum atomic E-state index is 12.5. The maximum Gasteiger partial charge on any atom is 0.416 e. The van der Waals surface area contributed by atoms with Crippen molar-refractivity contribution >= 4 is 18.1 Å². The van der Waals surface area contributed by atoms with E-state index in [1.807, 2.05) is 0 Å². The third-order valence-electron chi connectivity index (χ3n) is 3.17. The van der Waals surface area contributed by atoms with E-state index in [1.165, 1.54) is 19.2 Å². The molecule has 0 aliphatic carbocycles. The Morgan fingerprint density at radius 2 is 1.73 bits per heavy atom. The second-order valence-corrected chi connectivity index (χ2v) is 6.57. The van der Waals surface area contributed by atoms with Gasteiger partial charge >= 0.3 is 12.3 Å². The number of amides is 2. The summed E-state index contributed by atoms with van der Waals surface area (Å²) in [7, 11) is 1.44. The van der Waals surface area contributed by atoms with Crippen LogP contribution < -0.4 is 10.6 Å². The highest BCUT2D eigenvalue weighted by molar-refractivity contribution is 5.85. The van der Waals surface area contributed by atoms with Gasteiger partial charge in [-0.3, -0.25) is 4.79 Å². The summed E-state index contributed by atoms with van der Waals surface area (Å²) in [6.07, 6.45) is -1.79. The minimum Gasteiger partial charge on any atom is -0.444 e. The van der Waals surface area contributed by atoms with Crippen molar-refractivity contribution < 1.29 is 27.5 Å². The summed E-state index contributed by atoms with van der Waals surface area (Å²) in [5, 5.41) is 4.90. The summed E-state index contributed by atoms with van der Waals surface area (Å²) in [5.41, 5.74) is -0.886. The number of likely N-dealkylation sites (N-methyl/N-ethyl adjacent to an activating group) is 1. The van der Waals surface area contributed by atoms with E-state index in [9.17, 15) is 22.8 Å². The molecule has 2 amide bonds. The predicted molar refractivity (Wildman–Crippen MR) is 92.3 cm³/mol. The minimum atomic E-state index is -4.39. The molecule has 1 atom stereocenters. The molecule has 144 valence electrons. The molecule has 1 aromatic carbocycles. The first-order valence-corrected chi connectivity index (χ1v) is 7.97. The lowest BCUT2D eigenvalue weighted by Gasteiger charge is -2.22. The van der Waals surface area contributed by atoms with E-state index in [0.717, 1.165) is 12.1 Å². The van der Waals surface area contributed by atoms with Crippen molar-refractivity contribution in [2.24, 2.45) is 0 Å². The average Bonchev–Trinajstić information content (AvgIpc) is 2.51. The Morgan fingerprint density at radius 1 is 1.15 bits per heavy atom. The molecule has 0 aliphatic rings. The first-order valence-electron chi connectivity index (χ1n) is 7.97. The van der Waals surface area contributed by atoms with Gasteiger partial charge in [0.05, 0.1) is 5.56 Å². The molecule has 0 radical (unpaired) electrons. The van der Waals surface area contributed by atoms with Gasteiger partial charge in [0.1, 0.15) is 11.6 Å². The molecule has 0 saturated carbocycles. The Labute approximate surface area is 150 Å². The molecule has 8 heteroatoms. The van der Waals surface area contributed by atoms with Crippen molar-refractivity contribution in [1.29, 1.82) is 0 Å². The van der Waals surface area contributed by atoms with Crippen LogP contribution in [0.15, 0.2) is 30.3 Å². The predicted octanol–water partition coefficient (Wildman–Crippen LogP) is 3.75. The molecule has 0 bridgehead atoms. The van der Waals surface area contributed by atoms with Gasteiger partial charge in [-0.2, -0.15) is 13.2 Å². The van der Waals surface area contributed by atoms with Crippen molar-refractivity contribution in [3.63, 3.8) is 0 Å². The molecular formula is C18H23F3N2O3. The SMILES string of the molecule is CNC(=O)C(C/C=C/c1ccc(C(F)(F)F)cc1)NC(=O)OC(C)(C)C. The van der Waals surface area contributed by atoms with Crippen LogP contribution in [0.2, 0.25) is 0 Å². The fraction of sp³-hybridized carbons (Fsp3) is 0.444. The summed E-state index contributed by atoms with van der Waals surface area (Å²) in [6, 6.07) is 3.76. The van der Waals surface area contributed by atoms with Crippen LogP contribution in [0, 0.1) is 0 Å². The summed E-state index contributed by atoms with van der Waals surface area (Å²) < 4.78 is 42.7. The zero-order valence-electron chi connectivity index (χ0n) is 15.1. The molecule has 0 heterocycles. The van der Waals surface area contributed by atoms with Crippen molar-refractivity contribution in [1.82, 2.24) is 10.6 Å². The molecule has 26 heavy (non-hydrogen) atoms. The first-order chi connectivity index (χ1) is 11.9. The number of alkyl halides is 3. The Kier molecular flexibility index (Phi) is 7.23. The van der Waals surface area contributed by atoms with Crippen LogP contribution in [-0.4, -0.2) is 30.7 Å². The molecule has 1 unspecified atom stereocenters. The second kappa shape index (κ2) is 8.73. The zero-order valence-corrected chi connectivity index (χ0v) is 15.1. The highest BCUT2D eigenvalue weighted by atomic mass is 19.4. The quantitative estimate of drug-likeness (QED) is 0.827. The largest absolute Gasteiger partial charge is 0.444 e. The number of ether oxygens (including phenoxy) is 1. The molecule has 0 aliphatic heterocycles. The van der Waals surface area contributed by atoms with Crippen LogP contribution in [0.1, 0.15) is 38.3 Å². The normalized spacial score (nSPS) is 13.3. The van der Waals surface area contributed by atoms with Crippen LogP contribution in [0.3, 0.4) is 0 Å². The monoisotopic (exact) mass is 372 g/mol. The molecular weight excluding hydrogens is 349 g/mol. The lowest BCUT2D eigenvalue weighted by atomic mass is 10.1. The standard InChI is InChI=1S/C18H23F3N2O3/c1-17(2,3)26-16(25)23-14(15(24)22-4)7-5-6-12-8-10-13(11-9-12)18(19,20)21/h5-6,8-11,14H,7H2,1-4H3,(H,22,24)(H,23,25)/b6-5+. The number of alkyl carbamates (subject to hydrolysis) is 1. The van der Waals surface area contributed by atoms with Crippen molar-refractivity contribution in [3.8, 4) is 0 Å². The molecule has 0 saturated heterocycles. The van der Waals surface area contributed by atoms with E-state index in [4.69, 9.17) is 4.74 Å². The van der Waals surface area contributed by atoms with Gasteiger partial charge in [0.25, 0.3) is 0 Å². The van der Waals surface area contributed by atoms with Gasteiger partial charge in [0.15, 0.2) is 0 Å². The summed E-state index contributed by atoms with van der Waals surface area (Å²) in [5.74, 6) is -0.409. The van der Waals surface area contributed by atoms with Crippen LogP contribution >= 0.6 is 0 Å². The molecule has 0 spiro atoms. The van der Waals surface area contributed by atoms with Gasteiger partial charge < -0.3 is 15.4 Å². The Hall–Kier alpha value is -2.51. The van der Waals surface area contributed by atoms with E-state index < -0.39 is 35.4 Å². The lowest BCUT2D eigenvalue weighted by Crippen LogP contribution is -2.47. The van der Waals surface area contributed by atoms with E-state index in [0.29, 0.717) is 5.56 Å². The summed E-state index contributed by atoms with van der Waals surface area (Å²) >= 11 is 0. The van der Waals surface area contributed by atoms with E-state index >= 15 is 0 Å². The maximum absolute atomic E-state index is 12.5. The third kappa shape index (κ3) is 7.58. The lowest BCUT2D eigenvalue weighted by molar-refractivity contribution is -0.137. The first kappa shape index (κ1) is 21.5. The topological polar surface area (TPSA) is 67.4 Å². The number of rotatable bonds is 5. The van der Waals surface area contributed by atoms with Crippen LogP contribution in [0.4, 0.5) is 18.0 Å². The number of carbonyl (C=O) groups is 2. The second-order valence-electron chi connectivity index (χ2n) is 6.57. The fourth-order valence-electron chi connectivity index (χ4n) is 1.98. The number of hydrogen-bond acceptors (Lipinski definition) is 3. The third-order valence-corrected chi connectivity index (χ3v) is 3.17. The van der Waals surface area contributed by atoms with E-state index in [-0.39, 0.29) is 6.42 Å². The van der Waals surface area contributed by atoms with Gasteiger partial charge in [-0.1, -0.05) is 24.3 Å².